The molecule has 2 rings (SSSR count). The van der Waals surface area contributed by atoms with Gasteiger partial charge < -0.3 is 9.64 Å². The van der Waals surface area contributed by atoms with Crippen molar-refractivity contribution < 1.29 is 14.3 Å². The van der Waals surface area contributed by atoms with E-state index >= 15 is 0 Å². The van der Waals surface area contributed by atoms with Crippen molar-refractivity contribution in [1.29, 1.82) is 0 Å². The van der Waals surface area contributed by atoms with Crippen molar-refractivity contribution in [3.63, 3.8) is 0 Å². The molecule has 2 heterocycles. The van der Waals surface area contributed by atoms with Crippen LogP contribution in [0.5, 0.6) is 0 Å². The Morgan fingerprint density at radius 1 is 1.33 bits per heavy atom. The predicted octanol–water partition coefficient (Wildman–Crippen LogP) is 0.485. The molecule has 0 atom stereocenters. The Morgan fingerprint density at radius 3 is 2.53 bits per heavy atom. The second kappa shape index (κ2) is 4.24. The van der Waals surface area contributed by atoms with Gasteiger partial charge in [-0.1, -0.05) is 0 Å². The fraction of sp³-hybridized carbons (Fsp3) is 0.556. The molecule has 6 heteroatoms. The molecule has 0 N–H and O–H groups in total. The second-order valence-corrected chi connectivity index (χ2v) is 4.37. The van der Waals surface area contributed by atoms with Crippen molar-refractivity contribution in [2.45, 2.75) is 0 Å². The average Bonchev–Trinajstić information content (AvgIpc) is 2.48. The van der Waals surface area contributed by atoms with E-state index in [4.69, 9.17) is 4.74 Å². The standard InChI is InChI=1S/C9H12N2O3S/c1-10-8(12)7(15-9(10)13)6-11-2-4-14-5-3-11/h6H,2-5H2,1H3/b7-6-. The molecule has 0 bridgehead atoms. The summed E-state index contributed by atoms with van der Waals surface area (Å²) >= 11 is 0.991. The third-order valence-electron chi connectivity index (χ3n) is 2.33. The third kappa shape index (κ3) is 2.15. The first-order chi connectivity index (χ1) is 7.18. The van der Waals surface area contributed by atoms with Crippen LogP contribution in [0.2, 0.25) is 0 Å². The molecule has 2 aliphatic heterocycles. The average molecular weight is 228 g/mol. The van der Waals surface area contributed by atoms with Gasteiger partial charge in [-0.25, -0.2) is 0 Å². The summed E-state index contributed by atoms with van der Waals surface area (Å²) in [5, 5.41) is -0.209. The summed E-state index contributed by atoms with van der Waals surface area (Å²) in [6, 6.07) is 0. The molecule has 5 nitrogen and oxygen atoms in total. The highest BCUT2D eigenvalue weighted by Crippen LogP contribution is 2.29. The fourth-order valence-electron chi connectivity index (χ4n) is 1.41. The van der Waals surface area contributed by atoms with Gasteiger partial charge in [0.1, 0.15) is 0 Å². The van der Waals surface area contributed by atoms with Gasteiger partial charge in [-0.05, 0) is 11.8 Å². The zero-order valence-corrected chi connectivity index (χ0v) is 9.25. The molecule has 0 aromatic carbocycles. The number of imide groups is 1. The maximum atomic E-state index is 11.5. The van der Waals surface area contributed by atoms with Gasteiger partial charge in [-0.3, -0.25) is 14.5 Å². The van der Waals surface area contributed by atoms with Gasteiger partial charge >= 0.3 is 0 Å². The molecule has 82 valence electrons. The highest BCUT2D eigenvalue weighted by molar-refractivity contribution is 8.18. The summed E-state index contributed by atoms with van der Waals surface area (Å²) in [5.74, 6) is -0.212. The molecule has 2 amide bonds. The molecule has 2 fully saturated rings. The summed E-state index contributed by atoms with van der Waals surface area (Å²) in [6.45, 7) is 2.89. The number of likely N-dealkylation sites (N-methyl/N-ethyl adjacent to an activating group) is 1. The Hall–Kier alpha value is -1.01. The molecule has 15 heavy (non-hydrogen) atoms. The summed E-state index contributed by atoms with van der Waals surface area (Å²) in [6.07, 6.45) is 1.76. The van der Waals surface area contributed by atoms with Gasteiger partial charge in [0, 0.05) is 26.3 Å². The first-order valence-electron chi connectivity index (χ1n) is 4.72. The molecular weight excluding hydrogens is 216 g/mol. The number of nitrogens with zero attached hydrogens (tertiary/aromatic N) is 2. The zero-order valence-electron chi connectivity index (χ0n) is 8.43. The van der Waals surface area contributed by atoms with Gasteiger partial charge in [0.05, 0.1) is 18.1 Å². The quantitative estimate of drug-likeness (QED) is 0.611. The van der Waals surface area contributed by atoms with E-state index in [0.717, 1.165) is 29.8 Å². The van der Waals surface area contributed by atoms with E-state index in [2.05, 4.69) is 0 Å². The molecular formula is C9H12N2O3S. The Kier molecular flexibility index (Phi) is 2.97. The topological polar surface area (TPSA) is 49.9 Å². The lowest BCUT2D eigenvalue weighted by atomic mass is 10.4. The molecule has 2 saturated heterocycles. The van der Waals surface area contributed by atoms with Crippen LogP contribution in [0, 0.1) is 0 Å². The van der Waals surface area contributed by atoms with E-state index in [1.165, 1.54) is 7.05 Å². The largest absolute Gasteiger partial charge is 0.378 e. The van der Waals surface area contributed by atoms with E-state index in [1.54, 1.807) is 6.20 Å². The minimum atomic E-state index is -0.212. The lowest BCUT2D eigenvalue weighted by molar-refractivity contribution is -0.121. The van der Waals surface area contributed by atoms with Gasteiger partial charge in [-0.15, -0.1) is 0 Å². The number of morpholine rings is 1. The zero-order chi connectivity index (χ0) is 10.8. The highest BCUT2D eigenvalue weighted by atomic mass is 32.2. The summed E-state index contributed by atoms with van der Waals surface area (Å²) in [5.41, 5.74) is 0. The predicted molar refractivity (Wildman–Crippen MR) is 56.2 cm³/mol. The Labute approximate surface area is 92.0 Å². The Morgan fingerprint density at radius 2 is 2.00 bits per heavy atom. The fourth-order valence-corrected chi connectivity index (χ4v) is 2.24. The normalized spacial score (nSPS) is 25.5. The van der Waals surface area contributed by atoms with E-state index in [-0.39, 0.29) is 11.1 Å². The molecule has 2 aliphatic rings. The minimum absolute atomic E-state index is 0.209. The minimum Gasteiger partial charge on any atom is -0.378 e. The number of hydrogen-bond acceptors (Lipinski definition) is 5. The van der Waals surface area contributed by atoms with Crippen LogP contribution in [-0.4, -0.2) is 54.3 Å². The Balaban J connectivity index is 2.07. The summed E-state index contributed by atoms with van der Waals surface area (Å²) in [4.78, 5) is 26.4. The van der Waals surface area contributed by atoms with Crippen molar-refractivity contribution in [3.8, 4) is 0 Å². The SMILES string of the molecule is CN1C(=O)S/C(=C\N2CCOCC2)C1=O. The van der Waals surface area contributed by atoms with E-state index in [0.29, 0.717) is 18.1 Å². The molecule has 0 unspecified atom stereocenters. The van der Waals surface area contributed by atoms with Gasteiger partial charge in [0.25, 0.3) is 11.1 Å². The molecule has 0 aromatic heterocycles. The number of thioether (sulfide) groups is 1. The van der Waals surface area contributed by atoms with Crippen LogP contribution in [0.15, 0.2) is 11.1 Å². The second-order valence-electron chi connectivity index (χ2n) is 3.37. The molecule has 0 spiro atoms. The first-order valence-corrected chi connectivity index (χ1v) is 5.53. The van der Waals surface area contributed by atoms with Crippen LogP contribution in [0.25, 0.3) is 0 Å². The smallest absolute Gasteiger partial charge is 0.293 e. The van der Waals surface area contributed by atoms with Crippen LogP contribution in [-0.2, 0) is 9.53 Å². The van der Waals surface area contributed by atoms with E-state index in [9.17, 15) is 9.59 Å². The van der Waals surface area contributed by atoms with Crippen LogP contribution < -0.4 is 0 Å². The van der Waals surface area contributed by atoms with Crippen LogP contribution in [0.3, 0.4) is 0 Å². The molecule has 0 aliphatic carbocycles. The van der Waals surface area contributed by atoms with Crippen molar-refractivity contribution in [3.05, 3.63) is 11.1 Å². The maximum absolute atomic E-state index is 11.5. The van der Waals surface area contributed by atoms with Crippen LogP contribution in [0.4, 0.5) is 4.79 Å². The number of amides is 2. The van der Waals surface area contributed by atoms with E-state index in [1.807, 2.05) is 4.90 Å². The van der Waals surface area contributed by atoms with E-state index < -0.39 is 0 Å². The first kappa shape index (κ1) is 10.5. The monoisotopic (exact) mass is 228 g/mol. The summed E-state index contributed by atoms with van der Waals surface area (Å²) in [7, 11) is 1.50. The molecule has 0 radical (unpaired) electrons. The van der Waals surface area contributed by atoms with Crippen molar-refractivity contribution in [1.82, 2.24) is 9.80 Å². The van der Waals surface area contributed by atoms with Gasteiger partial charge in [-0.2, -0.15) is 0 Å². The third-order valence-corrected chi connectivity index (χ3v) is 3.28. The number of hydrogen-bond donors (Lipinski definition) is 0. The van der Waals surface area contributed by atoms with Gasteiger partial charge in [0.2, 0.25) is 0 Å². The number of carbonyl (C=O) groups excluding carboxylic acids is 2. The maximum Gasteiger partial charge on any atom is 0.293 e. The van der Waals surface area contributed by atoms with Crippen LogP contribution >= 0.6 is 11.8 Å². The Bertz CT molecular complexity index is 323. The number of ether oxygens (including phenoxy) is 1. The van der Waals surface area contributed by atoms with Crippen molar-refractivity contribution in [2.75, 3.05) is 33.4 Å². The number of carbonyl (C=O) groups is 2. The van der Waals surface area contributed by atoms with Gasteiger partial charge in [0.15, 0.2) is 0 Å². The highest BCUT2D eigenvalue weighted by Gasteiger charge is 2.32. The van der Waals surface area contributed by atoms with Crippen molar-refractivity contribution in [2.24, 2.45) is 0 Å². The summed E-state index contributed by atoms with van der Waals surface area (Å²) < 4.78 is 5.19. The molecule has 0 aromatic rings. The molecule has 0 saturated carbocycles. The lowest BCUT2D eigenvalue weighted by Crippen LogP contribution is -2.32. The lowest BCUT2D eigenvalue weighted by Gasteiger charge is -2.25. The van der Waals surface area contributed by atoms with Crippen molar-refractivity contribution >= 4 is 22.9 Å². The number of rotatable bonds is 1. The van der Waals surface area contributed by atoms with Crippen LogP contribution in [0.1, 0.15) is 0 Å².